The van der Waals surface area contributed by atoms with Gasteiger partial charge < -0.3 is 19.7 Å². The van der Waals surface area contributed by atoms with Crippen molar-refractivity contribution in [2.24, 2.45) is 0 Å². The van der Waals surface area contributed by atoms with Crippen molar-refractivity contribution in [3.8, 4) is 5.88 Å². The Balaban J connectivity index is 1.21. The first kappa shape index (κ1) is 25.3. The Hall–Kier alpha value is -3.40. The second-order valence-electron chi connectivity index (χ2n) is 9.52. The number of carbonyl (C=O) groups excluding carboxylic acids is 3. The summed E-state index contributed by atoms with van der Waals surface area (Å²) in [6.45, 7) is 4.20. The van der Waals surface area contributed by atoms with Crippen LogP contribution in [0.5, 0.6) is 5.88 Å². The Bertz CT molecular complexity index is 1350. The molecular weight excluding hydrogens is 496 g/mol. The quantitative estimate of drug-likeness (QED) is 0.410. The number of hydrogen-bond donors (Lipinski definition) is 3. The predicted octanol–water partition coefficient (Wildman–Crippen LogP) is 2.67. The van der Waals surface area contributed by atoms with Crippen LogP contribution in [-0.2, 0) is 38.6 Å². The van der Waals surface area contributed by atoms with E-state index in [9.17, 15) is 19.5 Å². The van der Waals surface area contributed by atoms with E-state index in [4.69, 9.17) is 16.3 Å². The second-order valence-corrected chi connectivity index (χ2v) is 9.92. The molecule has 37 heavy (non-hydrogen) atoms. The first-order valence-electron chi connectivity index (χ1n) is 12.4. The normalized spacial score (nSPS) is 18.7. The molecule has 1 aromatic heterocycles. The minimum atomic E-state index is -0.638. The summed E-state index contributed by atoms with van der Waals surface area (Å²) < 4.78 is 6.91. The minimum Gasteiger partial charge on any atom is -0.494 e. The van der Waals surface area contributed by atoms with E-state index in [-0.39, 0.29) is 30.5 Å². The molecule has 3 N–H and O–H groups in total. The largest absolute Gasteiger partial charge is 0.494 e. The lowest BCUT2D eigenvalue weighted by molar-refractivity contribution is -0.135. The van der Waals surface area contributed by atoms with Gasteiger partial charge >= 0.3 is 0 Å². The minimum absolute atomic E-state index is 0.0179. The zero-order valence-electron chi connectivity index (χ0n) is 20.3. The summed E-state index contributed by atoms with van der Waals surface area (Å²) in [4.78, 5) is 38.7. The fraction of sp³-hybridized carbons (Fsp3) is 0.370. The Kier molecular flexibility index (Phi) is 7.45. The number of aromatic nitrogens is 1. The van der Waals surface area contributed by atoms with Crippen molar-refractivity contribution in [1.29, 1.82) is 0 Å². The van der Waals surface area contributed by atoms with E-state index in [1.165, 1.54) is 4.57 Å². The molecule has 3 heterocycles. The number of nitrogens with zero attached hydrogens (tertiary/aromatic N) is 2. The van der Waals surface area contributed by atoms with Crippen molar-refractivity contribution in [3.63, 3.8) is 0 Å². The molecule has 0 saturated carbocycles. The van der Waals surface area contributed by atoms with Gasteiger partial charge in [0.25, 0.3) is 0 Å². The van der Waals surface area contributed by atoms with Crippen molar-refractivity contribution in [2.75, 3.05) is 26.3 Å². The number of hydrogen-bond acceptors (Lipinski definition) is 6. The summed E-state index contributed by atoms with van der Waals surface area (Å²) in [5, 5.41) is 18.0. The number of aromatic hydroxyl groups is 1. The van der Waals surface area contributed by atoms with Gasteiger partial charge in [-0.25, -0.2) is 0 Å². The summed E-state index contributed by atoms with van der Waals surface area (Å²) >= 11 is 6.40. The number of nitrogens with one attached hydrogen (secondary N) is 2. The zero-order valence-corrected chi connectivity index (χ0v) is 21.1. The number of amides is 3. The van der Waals surface area contributed by atoms with Crippen molar-refractivity contribution in [3.05, 3.63) is 64.3 Å². The van der Waals surface area contributed by atoms with Gasteiger partial charge in [-0.3, -0.25) is 24.6 Å². The van der Waals surface area contributed by atoms with Crippen LogP contribution in [0, 0.1) is 0 Å². The van der Waals surface area contributed by atoms with E-state index in [2.05, 4.69) is 15.5 Å². The van der Waals surface area contributed by atoms with Gasteiger partial charge in [0.05, 0.1) is 19.6 Å². The predicted molar refractivity (Wildman–Crippen MR) is 138 cm³/mol. The Morgan fingerprint density at radius 1 is 1.14 bits per heavy atom. The van der Waals surface area contributed by atoms with E-state index in [1.54, 1.807) is 12.3 Å². The fourth-order valence-electron chi connectivity index (χ4n) is 4.88. The molecule has 2 aliphatic rings. The highest BCUT2D eigenvalue weighted by molar-refractivity contribution is 6.31. The molecule has 2 aliphatic heterocycles. The van der Waals surface area contributed by atoms with E-state index in [0.29, 0.717) is 36.6 Å². The molecular formula is C27H29ClN4O5. The third-order valence-electron chi connectivity index (χ3n) is 6.89. The summed E-state index contributed by atoms with van der Waals surface area (Å²) in [5.74, 6) is -0.851. The van der Waals surface area contributed by atoms with Crippen molar-refractivity contribution in [2.45, 2.75) is 38.4 Å². The number of rotatable bonds is 7. The first-order valence-corrected chi connectivity index (χ1v) is 12.8. The highest BCUT2D eigenvalue weighted by Gasteiger charge is 2.30. The smallest absolute Gasteiger partial charge is 0.249 e. The monoisotopic (exact) mass is 524 g/mol. The maximum absolute atomic E-state index is 12.7. The molecule has 2 fully saturated rings. The molecule has 3 aromatic rings. The van der Waals surface area contributed by atoms with Crippen LogP contribution in [0.3, 0.4) is 0 Å². The van der Waals surface area contributed by atoms with Crippen molar-refractivity contribution in [1.82, 2.24) is 20.1 Å². The third kappa shape index (κ3) is 5.79. The molecule has 0 radical (unpaired) electrons. The number of ether oxygens (including phenoxy) is 1. The van der Waals surface area contributed by atoms with Crippen LogP contribution in [0.15, 0.2) is 42.6 Å². The van der Waals surface area contributed by atoms with Crippen LogP contribution in [-0.4, -0.2) is 58.6 Å². The SMILES string of the molecule is O=C(Cc1ccc(Cl)c(CN2CCOCC2)c1)NCc1ccc2c(O)n(C3CCC(=O)NC3=O)cc2c1. The summed E-state index contributed by atoms with van der Waals surface area (Å²) in [6.07, 6.45) is 2.51. The Morgan fingerprint density at radius 3 is 2.70 bits per heavy atom. The van der Waals surface area contributed by atoms with Gasteiger partial charge in [0, 0.05) is 54.6 Å². The fourth-order valence-corrected chi connectivity index (χ4v) is 5.05. The molecule has 0 aliphatic carbocycles. The number of fused-ring (bicyclic) bond motifs is 1. The summed E-state index contributed by atoms with van der Waals surface area (Å²) in [7, 11) is 0. The van der Waals surface area contributed by atoms with Crippen LogP contribution in [0.1, 0.15) is 35.6 Å². The van der Waals surface area contributed by atoms with Gasteiger partial charge in [-0.15, -0.1) is 0 Å². The highest BCUT2D eigenvalue weighted by atomic mass is 35.5. The molecule has 10 heteroatoms. The number of imide groups is 1. The molecule has 0 spiro atoms. The van der Waals surface area contributed by atoms with E-state index in [0.717, 1.165) is 41.7 Å². The molecule has 194 valence electrons. The van der Waals surface area contributed by atoms with Crippen molar-refractivity contribution < 1.29 is 24.2 Å². The lowest BCUT2D eigenvalue weighted by Gasteiger charge is -2.27. The van der Waals surface area contributed by atoms with E-state index >= 15 is 0 Å². The number of halogens is 1. The average Bonchev–Trinajstić information content (AvgIpc) is 3.21. The summed E-state index contributed by atoms with van der Waals surface area (Å²) in [5.41, 5.74) is 2.76. The number of benzene rings is 2. The van der Waals surface area contributed by atoms with Gasteiger partial charge in [-0.1, -0.05) is 29.8 Å². The molecule has 5 rings (SSSR count). The second kappa shape index (κ2) is 10.9. The molecule has 9 nitrogen and oxygen atoms in total. The standard InChI is InChI=1S/C27H29ClN4O5/c28-22-4-2-17(11-20(22)15-31-7-9-37-10-8-31)13-25(34)29-14-18-1-3-21-19(12-18)16-32(27(21)36)23-5-6-24(33)30-26(23)35/h1-4,11-12,16,23,36H,5-10,13-15H2,(H,29,34)(H,30,33,35). The summed E-state index contributed by atoms with van der Waals surface area (Å²) in [6, 6.07) is 10.5. The number of carbonyl (C=O) groups is 3. The molecule has 2 aromatic carbocycles. The number of piperidine rings is 1. The molecule has 0 bridgehead atoms. The Morgan fingerprint density at radius 2 is 1.92 bits per heavy atom. The van der Waals surface area contributed by atoms with Crippen LogP contribution >= 0.6 is 11.6 Å². The highest BCUT2D eigenvalue weighted by Crippen LogP contribution is 2.33. The first-order chi connectivity index (χ1) is 17.9. The maximum atomic E-state index is 12.7. The average molecular weight is 525 g/mol. The Labute approximate surface area is 219 Å². The topological polar surface area (TPSA) is 113 Å². The molecule has 1 unspecified atom stereocenters. The lowest BCUT2D eigenvalue weighted by Crippen LogP contribution is -2.41. The van der Waals surface area contributed by atoms with E-state index < -0.39 is 11.9 Å². The van der Waals surface area contributed by atoms with Crippen LogP contribution in [0.4, 0.5) is 0 Å². The van der Waals surface area contributed by atoms with Gasteiger partial charge in [-0.05, 0) is 41.3 Å². The number of morpholine rings is 1. The van der Waals surface area contributed by atoms with Crippen LogP contribution in [0.2, 0.25) is 5.02 Å². The zero-order chi connectivity index (χ0) is 25.9. The molecule has 3 amide bonds. The lowest BCUT2D eigenvalue weighted by atomic mass is 10.1. The van der Waals surface area contributed by atoms with E-state index in [1.807, 2.05) is 30.3 Å². The van der Waals surface area contributed by atoms with Crippen LogP contribution < -0.4 is 10.6 Å². The molecule has 2 saturated heterocycles. The van der Waals surface area contributed by atoms with Gasteiger partial charge in [0.1, 0.15) is 6.04 Å². The molecule has 1 atom stereocenters. The maximum Gasteiger partial charge on any atom is 0.249 e. The van der Waals surface area contributed by atoms with Gasteiger partial charge in [0.2, 0.25) is 17.7 Å². The third-order valence-corrected chi connectivity index (χ3v) is 7.26. The van der Waals surface area contributed by atoms with Gasteiger partial charge in [-0.2, -0.15) is 0 Å². The van der Waals surface area contributed by atoms with Crippen LogP contribution in [0.25, 0.3) is 10.8 Å². The van der Waals surface area contributed by atoms with Gasteiger partial charge in [0.15, 0.2) is 5.88 Å². The van der Waals surface area contributed by atoms with Crippen molar-refractivity contribution >= 4 is 40.1 Å².